The number of nitrogens with zero attached hydrogens (tertiary/aromatic N) is 2. The number of benzene rings is 2. The molecule has 0 aromatic heterocycles. The first-order valence-electron chi connectivity index (χ1n) is 11.2. The van der Waals surface area contributed by atoms with Crippen molar-refractivity contribution < 1.29 is 18.0 Å². The Morgan fingerprint density at radius 1 is 0.970 bits per heavy atom. The number of carbonyl (C=O) groups excluding carboxylic acids is 2. The van der Waals surface area contributed by atoms with Crippen molar-refractivity contribution in [2.45, 2.75) is 46.6 Å². The monoisotopic (exact) mass is 473 g/mol. The van der Waals surface area contributed by atoms with Crippen molar-refractivity contribution in [1.29, 1.82) is 0 Å². The number of sulfonamides is 1. The molecular formula is C25H35N3O4S. The fourth-order valence-corrected chi connectivity index (χ4v) is 4.93. The predicted molar refractivity (Wildman–Crippen MR) is 133 cm³/mol. The largest absolute Gasteiger partial charge is 0.355 e. The van der Waals surface area contributed by atoms with Gasteiger partial charge in [-0.25, -0.2) is 8.42 Å². The summed E-state index contributed by atoms with van der Waals surface area (Å²) in [5.74, 6) is -0.642. The van der Waals surface area contributed by atoms with Gasteiger partial charge in [-0.3, -0.25) is 13.9 Å². The van der Waals surface area contributed by atoms with Crippen molar-refractivity contribution in [3.05, 3.63) is 65.2 Å². The summed E-state index contributed by atoms with van der Waals surface area (Å²) in [6.07, 6.45) is 2.08. The number of likely N-dealkylation sites (N-methyl/N-ethyl adjacent to an activating group) is 1. The average Bonchev–Trinajstić information content (AvgIpc) is 2.75. The molecule has 0 spiro atoms. The van der Waals surface area contributed by atoms with Crippen molar-refractivity contribution in [2.24, 2.45) is 0 Å². The van der Waals surface area contributed by atoms with Gasteiger partial charge in [0.1, 0.15) is 12.6 Å². The van der Waals surface area contributed by atoms with E-state index in [0.29, 0.717) is 31.6 Å². The van der Waals surface area contributed by atoms with Gasteiger partial charge in [0.25, 0.3) is 0 Å². The minimum absolute atomic E-state index is 0.237. The van der Waals surface area contributed by atoms with E-state index in [2.05, 4.69) is 5.32 Å². The van der Waals surface area contributed by atoms with Gasteiger partial charge < -0.3 is 10.2 Å². The third-order valence-corrected chi connectivity index (χ3v) is 6.70. The number of hydrogen-bond acceptors (Lipinski definition) is 4. The number of rotatable bonds is 11. The quantitative estimate of drug-likeness (QED) is 0.543. The van der Waals surface area contributed by atoms with Crippen LogP contribution in [-0.4, -0.2) is 57.1 Å². The number of anilines is 1. The first-order chi connectivity index (χ1) is 15.6. The van der Waals surface area contributed by atoms with Crippen molar-refractivity contribution in [3.8, 4) is 0 Å². The summed E-state index contributed by atoms with van der Waals surface area (Å²) in [6.45, 7) is 7.71. The second-order valence-electron chi connectivity index (χ2n) is 8.15. The van der Waals surface area contributed by atoms with E-state index in [1.807, 2.05) is 76.2 Å². The molecule has 180 valence electrons. The first kappa shape index (κ1) is 26.4. The zero-order valence-electron chi connectivity index (χ0n) is 20.2. The number of aryl methyl sites for hydroxylation is 2. The Bertz CT molecular complexity index is 1030. The van der Waals surface area contributed by atoms with Crippen LogP contribution in [0.25, 0.3) is 0 Å². The highest BCUT2D eigenvalue weighted by molar-refractivity contribution is 7.92. The number of nitrogens with one attached hydrogen (secondary N) is 1. The maximum atomic E-state index is 13.6. The van der Waals surface area contributed by atoms with E-state index >= 15 is 0 Å². The Balaban J connectivity index is 2.40. The molecule has 1 unspecified atom stereocenters. The van der Waals surface area contributed by atoms with Gasteiger partial charge in [-0.1, -0.05) is 55.5 Å². The van der Waals surface area contributed by atoms with E-state index in [9.17, 15) is 18.0 Å². The van der Waals surface area contributed by atoms with E-state index in [0.717, 1.165) is 27.3 Å². The standard InChI is InChI=1S/C25H35N3O4S/c1-6-22(25(30)26-7-2)27(17-16-21-14-9-8-10-15-21)23(29)18-28(33(5,31)32)24-19(3)12-11-13-20(24)4/h8-15,22H,6-7,16-18H2,1-5H3,(H,26,30). The van der Waals surface area contributed by atoms with Crippen molar-refractivity contribution in [2.75, 3.05) is 30.2 Å². The third-order valence-electron chi connectivity index (χ3n) is 5.59. The van der Waals surface area contributed by atoms with Crippen molar-refractivity contribution >= 4 is 27.5 Å². The van der Waals surface area contributed by atoms with Crippen LogP contribution < -0.4 is 9.62 Å². The SMILES string of the molecule is CCNC(=O)C(CC)N(CCc1ccccc1)C(=O)CN(c1c(C)cccc1C)S(C)(=O)=O. The number of hydrogen-bond donors (Lipinski definition) is 1. The van der Waals surface area contributed by atoms with Gasteiger partial charge in [0, 0.05) is 13.1 Å². The van der Waals surface area contributed by atoms with Gasteiger partial charge in [0.05, 0.1) is 11.9 Å². The zero-order chi connectivity index (χ0) is 24.6. The highest BCUT2D eigenvalue weighted by Crippen LogP contribution is 2.27. The molecule has 0 aliphatic heterocycles. The number of carbonyl (C=O) groups is 2. The molecule has 0 saturated heterocycles. The molecule has 0 saturated carbocycles. The third kappa shape index (κ3) is 7.05. The minimum atomic E-state index is -3.74. The minimum Gasteiger partial charge on any atom is -0.355 e. The van der Waals surface area contributed by atoms with Crippen LogP contribution in [0.2, 0.25) is 0 Å². The van der Waals surface area contributed by atoms with Crippen LogP contribution in [0.3, 0.4) is 0 Å². The van der Waals surface area contributed by atoms with Crippen molar-refractivity contribution in [1.82, 2.24) is 10.2 Å². The fourth-order valence-electron chi connectivity index (χ4n) is 3.96. The van der Waals surface area contributed by atoms with Gasteiger partial charge in [0.2, 0.25) is 21.8 Å². The summed E-state index contributed by atoms with van der Waals surface area (Å²) >= 11 is 0. The summed E-state index contributed by atoms with van der Waals surface area (Å²) < 4.78 is 26.6. The van der Waals surface area contributed by atoms with E-state index in [1.165, 1.54) is 4.90 Å². The Kier molecular flexibility index (Phi) is 9.46. The Hall–Kier alpha value is -2.87. The van der Waals surface area contributed by atoms with E-state index in [1.54, 1.807) is 0 Å². The lowest BCUT2D eigenvalue weighted by Crippen LogP contribution is -2.53. The molecule has 0 heterocycles. The molecule has 7 nitrogen and oxygen atoms in total. The average molecular weight is 474 g/mol. The lowest BCUT2D eigenvalue weighted by molar-refractivity contribution is -0.139. The second kappa shape index (κ2) is 11.8. The molecule has 8 heteroatoms. The molecule has 0 fully saturated rings. The van der Waals surface area contributed by atoms with E-state index < -0.39 is 22.0 Å². The van der Waals surface area contributed by atoms with Gasteiger partial charge >= 0.3 is 0 Å². The predicted octanol–water partition coefficient (Wildman–Crippen LogP) is 3.06. The summed E-state index contributed by atoms with van der Waals surface area (Å²) in [5, 5.41) is 2.80. The van der Waals surface area contributed by atoms with Gasteiger partial charge in [-0.2, -0.15) is 0 Å². The van der Waals surface area contributed by atoms with Gasteiger partial charge in [-0.05, 0) is 50.3 Å². The molecule has 0 aliphatic rings. The maximum absolute atomic E-state index is 13.6. The number of amides is 2. The normalized spacial score (nSPS) is 12.2. The highest BCUT2D eigenvalue weighted by atomic mass is 32.2. The molecule has 33 heavy (non-hydrogen) atoms. The molecule has 1 atom stereocenters. The van der Waals surface area contributed by atoms with Gasteiger partial charge in [-0.15, -0.1) is 0 Å². The van der Waals surface area contributed by atoms with Crippen LogP contribution in [0.1, 0.15) is 37.0 Å². The second-order valence-corrected chi connectivity index (χ2v) is 10.1. The molecule has 1 N–H and O–H groups in total. The van der Waals surface area contributed by atoms with Crippen LogP contribution in [0.15, 0.2) is 48.5 Å². The Morgan fingerprint density at radius 2 is 1.58 bits per heavy atom. The number of para-hydroxylation sites is 1. The molecule has 2 aromatic rings. The fraction of sp³-hybridized carbons (Fsp3) is 0.440. The maximum Gasteiger partial charge on any atom is 0.244 e. The molecule has 2 aromatic carbocycles. The first-order valence-corrected chi connectivity index (χ1v) is 13.1. The molecule has 0 radical (unpaired) electrons. The summed E-state index contributed by atoms with van der Waals surface area (Å²) in [6, 6.07) is 14.5. The van der Waals surface area contributed by atoms with Crippen LogP contribution in [-0.2, 0) is 26.0 Å². The smallest absolute Gasteiger partial charge is 0.244 e. The molecule has 2 amide bonds. The molecule has 0 aliphatic carbocycles. The van der Waals surface area contributed by atoms with Crippen LogP contribution in [0.4, 0.5) is 5.69 Å². The summed E-state index contributed by atoms with van der Waals surface area (Å²) in [4.78, 5) is 27.8. The summed E-state index contributed by atoms with van der Waals surface area (Å²) in [7, 11) is -3.74. The van der Waals surface area contributed by atoms with E-state index in [4.69, 9.17) is 0 Å². The van der Waals surface area contributed by atoms with Crippen LogP contribution in [0.5, 0.6) is 0 Å². The van der Waals surface area contributed by atoms with Crippen molar-refractivity contribution in [3.63, 3.8) is 0 Å². The zero-order valence-corrected chi connectivity index (χ0v) is 21.0. The molecular weight excluding hydrogens is 438 g/mol. The topological polar surface area (TPSA) is 86.8 Å². The highest BCUT2D eigenvalue weighted by Gasteiger charge is 2.32. The van der Waals surface area contributed by atoms with Gasteiger partial charge in [0.15, 0.2) is 0 Å². The molecule has 2 rings (SSSR count). The van der Waals surface area contributed by atoms with E-state index in [-0.39, 0.29) is 12.5 Å². The molecule has 0 bridgehead atoms. The van der Waals surface area contributed by atoms with Crippen LogP contribution in [0, 0.1) is 13.8 Å². The Morgan fingerprint density at radius 3 is 2.09 bits per heavy atom. The lowest BCUT2D eigenvalue weighted by Gasteiger charge is -2.33. The summed E-state index contributed by atoms with van der Waals surface area (Å²) in [5.41, 5.74) is 3.07. The lowest BCUT2D eigenvalue weighted by atomic mass is 10.1. The van der Waals surface area contributed by atoms with Crippen LogP contribution >= 0.6 is 0 Å². The Labute approximate surface area is 197 Å².